The number of anilines is 2. The number of nitrogens with zero attached hydrogens (tertiary/aromatic N) is 1. The molecule has 2 aliphatic rings. The SMILES string of the molecule is O=C(Nc1ccc(NCC2=CCCOC2)cn1)C1CC1. The number of hydrogen-bond donors (Lipinski definition) is 2. The summed E-state index contributed by atoms with van der Waals surface area (Å²) < 4.78 is 5.39. The van der Waals surface area contributed by atoms with Gasteiger partial charge in [0.25, 0.3) is 0 Å². The zero-order valence-corrected chi connectivity index (χ0v) is 11.4. The second-order valence-corrected chi connectivity index (χ2v) is 5.25. The molecule has 2 heterocycles. The van der Waals surface area contributed by atoms with Crippen molar-refractivity contribution in [3.63, 3.8) is 0 Å². The predicted octanol–water partition coefficient (Wildman–Crippen LogP) is 2.19. The van der Waals surface area contributed by atoms with Gasteiger partial charge in [-0.05, 0) is 37.0 Å². The lowest BCUT2D eigenvalue weighted by Crippen LogP contribution is -2.15. The molecule has 0 atom stereocenters. The number of carbonyl (C=O) groups excluding carboxylic acids is 1. The molecule has 0 spiro atoms. The Bertz CT molecular complexity index is 506. The van der Waals surface area contributed by atoms with Crippen molar-refractivity contribution < 1.29 is 9.53 Å². The van der Waals surface area contributed by atoms with E-state index in [4.69, 9.17) is 4.74 Å². The van der Waals surface area contributed by atoms with E-state index in [0.717, 1.165) is 38.1 Å². The molecule has 0 saturated heterocycles. The number of rotatable bonds is 5. The number of nitrogens with one attached hydrogen (secondary N) is 2. The van der Waals surface area contributed by atoms with Crippen LogP contribution in [0.3, 0.4) is 0 Å². The minimum absolute atomic E-state index is 0.0859. The van der Waals surface area contributed by atoms with E-state index >= 15 is 0 Å². The van der Waals surface area contributed by atoms with Crippen LogP contribution in [0.25, 0.3) is 0 Å². The highest BCUT2D eigenvalue weighted by Crippen LogP contribution is 2.29. The molecule has 3 rings (SSSR count). The Morgan fingerprint density at radius 1 is 1.40 bits per heavy atom. The summed E-state index contributed by atoms with van der Waals surface area (Å²) in [4.78, 5) is 15.9. The molecule has 0 bridgehead atoms. The first-order chi connectivity index (χ1) is 9.81. The van der Waals surface area contributed by atoms with Crippen LogP contribution in [0.15, 0.2) is 30.0 Å². The molecule has 1 fully saturated rings. The van der Waals surface area contributed by atoms with Crippen LogP contribution in [0.1, 0.15) is 19.3 Å². The molecule has 5 nitrogen and oxygen atoms in total. The summed E-state index contributed by atoms with van der Waals surface area (Å²) >= 11 is 0. The van der Waals surface area contributed by atoms with Gasteiger partial charge in [0.1, 0.15) is 5.82 Å². The Morgan fingerprint density at radius 3 is 2.95 bits per heavy atom. The first-order valence-corrected chi connectivity index (χ1v) is 7.08. The van der Waals surface area contributed by atoms with Crippen LogP contribution in [0.5, 0.6) is 0 Å². The van der Waals surface area contributed by atoms with Crippen molar-refractivity contribution in [2.24, 2.45) is 5.92 Å². The largest absolute Gasteiger partial charge is 0.380 e. The van der Waals surface area contributed by atoms with Crippen molar-refractivity contribution in [1.82, 2.24) is 4.98 Å². The van der Waals surface area contributed by atoms with Gasteiger partial charge in [0, 0.05) is 12.5 Å². The van der Waals surface area contributed by atoms with Crippen LogP contribution in [0.2, 0.25) is 0 Å². The lowest BCUT2D eigenvalue weighted by molar-refractivity contribution is -0.117. The smallest absolute Gasteiger partial charge is 0.228 e. The molecule has 20 heavy (non-hydrogen) atoms. The van der Waals surface area contributed by atoms with Gasteiger partial charge in [-0.25, -0.2) is 4.98 Å². The fourth-order valence-electron chi connectivity index (χ4n) is 2.09. The van der Waals surface area contributed by atoms with Gasteiger partial charge >= 0.3 is 0 Å². The van der Waals surface area contributed by atoms with E-state index in [1.165, 1.54) is 5.57 Å². The van der Waals surface area contributed by atoms with Crippen molar-refractivity contribution >= 4 is 17.4 Å². The summed E-state index contributed by atoms with van der Waals surface area (Å²) in [6.07, 6.45) is 6.95. The summed E-state index contributed by atoms with van der Waals surface area (Å²) in [5.41, 5.74) is 2.21. The van der Waals surface area contributed by atoms with Crippen LogP contribution < -0.4 is 10.6 Å². The van der Waals surface area contributed by atoms with E-state index in [1.54, 1.807) is 6.20 Å². The third-order valence-corrected chi connectivity index (χ3v) is 3.47. The molecule has 1 amide bonds. The Kier molecular flexibility index (Phi) is 3.97. The van der Waals surface area contributed by atoms with Gasteiger partial charge in [0.15, 0.2) is 0 Å². The molecule has 1 aromatic heterocycles. The lowest BCUT2D eigenvalue weighted by atomic mass is 10.2. The van der Waals surface area contributed by atoms with Crippen molar-refractivity contribution in [2.45, 2.75) is 19.3 Å². The van der Waals surface area contributed by atoms with Crippen LogP contribution in [0, 0.1) is 5.92 Å². The maximum Gasteiger partial charge on any atom is 0.228 e. The molecular formula is C15H19N3O2. The van der Waals surface area contributed by atoms with Gasteiger partial charge in [-0.1, -0.05) is 6.08 Å². The zero-order valence-electron chi connectivity index (χ0n) is 11.4. The van der Waals surface area contributed by atoms with Crippen LogP contribution in [-0.2, 0) is 9.53 Å². The number of pyridine rings is 1. The van der Waals surface area contributed by atoms with Gasteiger partial charge in [-0.15, -0.1) is 0 Å². The molecule has 1 aromatic rings. The third kappa shape index (κ3) is 3.57. The molecule has 0 radical (unpaired) electrons. The molecule has 1 aliphatic heterocycles. The van der Waals surface area contributed by atoms with E-state index < -0.39 is 0 Å². The average Bonchev–Trinajstić information content (AvgIpc) is 3.32. The molecule has 1 aliphatic carbocycles. The van der Waals surface area contributed by atoms with Gasteiger partial charge in [-0.3, -0.25) is 4.79 Å². The Hall–Kier alpha value is -1.88. The zero-order chi connectivity index (χ0) is 13.8. The van der Waals surface area contributed by atoms with E-state index in [0.29, 0.717) is 12.4 Å². The standard InChI is InChI=1S/C15H19N3O2/c19-15(12-3-4-12)18-14-6-5-13(9-17-14)16-8-11-2-1-7-20-10-11/h2,5-6,9,12,16H,1,3-4,7-8,10H2,(H,17,18,19). The highest BCUT2D eigenvalue weighted by molar-refractivity contribution is 5.93. The topological polar surface area (TPSA) is 63.2 Å². The van der Waals surface area contributed by atoms with Gasteiger partial charge in [-0.2, -0.15) is 0 Å². The molecule has 5 heteroatoms. The summed E-state index contributed by atoms with van der Waals surface area (Å²) in [6, 6.07) is 3.76. The highest BCUT2D eigenvalue weighted by atomic mass is 16.5. The van der Waals surface area contributed by atoms with Crippen molar-refractivity contribution in [1.29, 1.82) is 0 Å². The Labute approximate surface area is 118 Å². The minimum Gasteiger partial charge on any atom is -0.380 e. The summed E-state index contributed by atoms with van der Waals surface area (Å²) in [7, 11) is 0. The highest BCUT2D eigenvalue weighted by Gasteiger charge is 2.29. The second-order valence-electron chi connectivity index (χ2n) is 5.25. The Balaban J connectivity index is 1.50. The van der Waals surface area contributed by atoms with E-state index in [2.05, 4.69) is 21.7 Å². The quantitative estimate of drug-likeness (QED) is 0.807. The van der Waals surface area contributed by atoms with E-state index in [1.807, 2.05) is 12.1 Å². The number of carbonyl (C=O) groups is 1. The Morgan fingerprint density at radius 2 is 2.30 bits per heavy atom. The fraction of sp³-hybridized carbons (Fsp3) is 0.467. The third-order valence-electron chi connectivity index (χ3n) is 3.47. The van der Waals surface area contributed by atoms with Crippen LogP contribution in [0.4, 0.5) is 11.5 Å². The first kappa shape index (κ1) is 13.1. The van der Waals surface area contributed by atoms with Crippen molar-refractivity contribution in [2.75, 3.05) is 30.4 Å². The van der Waals surface area contributed by atoms with Crippen LogP contribution >= 0.6 is 0 Å². The van der Waals surface area contributed by atoms with Gasteiger partial charge < -0.3 is 15.4 Å². The van der Waals surface area contributed by atoms with Crippen LogP contribution in [-0.4, -0.2) is 30.6 Å². The van der Waals surface area contributed by atoms with Gasteiger partial charge in [0.05, 0.1) is 25.1 Å². The maximum absolute atomic E-state index is 11.6. The molecular weight excluding hydrogens is 254 g/mol. The average molecular weight is 273 g/mol. The number of amides is 1. The normalized spacial score (nSPS) is 18.3. The minimum atomic E-state index is 0.0859. The lowest BCUT2D eigenvalue weighted by Gasteiger charge is -2.14. The fourth-order valence-corrected chi connectivity index (χ4v) is 2.09. The molecule has 2 N–H and O–H groups in total. The maximum atomic E-state index is 11.6. The van der Waals surface area contributed by atoms with Crippen molar-refractivity contribution in [3.8, 4) is 0 Å². The van der Waals surface area contributed by atoms with Crippen molar-refractivity contribution in [3.05, 3.63) is 30.0 Å². The monoisotopic (exact) mass is 273 g/mol. The summed E-state index contributed by atoms with van der Waals surface area (Å²) in [6.45, 7) is 2.30. The molecule has 0 aromatic carbocycles. The van der Waals surface area contributed by atoms with E-state index in [9.17, 15) is 4.79 Å². The number of ether oxygens (including phenoxy) is 1. The first-order valence-electron chi connectivity index (χ1n) is 7.08. The summed E-state index contributed by atoms with van der Waals surface area (Å²) in [5.74, 6) is 0.906. The van der Waals surface area contributed by atoms with E-state index in [-0.39, 0.29) is 11.8 Å². The van der Waals surface area contributed by atoms with Gasteiger partial charge in [0.2, 0.25) is 5.91 Å². The number of hydrogen-bond acceptors (Lipinski definition) is 4. The molecule has 0 unspecified atom stereocenters. The molecule has 1 saturated carbocycles. The number of aromatic nitrogens is 1. The predicted molar refractivity (Wildman–Crippen MR) is 77.6 cm³/mol. The summed E-state index contributed by atoms with van der Waals surface area (Å²) in [5, 5.41) is 6.13. The molecule has 106 valence electrons. The second kappa shape index (κ2) is 6.05.